The fourth-order valence-electron chi connectivity index (χ4n) is 4.13. The predicted molar refractivity (Wildman–Crippen MR) is 125 cm³/mol. The molecule has 0 radical (unpaired) electrons. The summed E-state index contributed by atoms with van der Waals surface area (Å²) < 4.78 is 24.9. The van der Waals surface area contributed by atoms with Gasteiger partial charge in [0.2, 0.25) is 5.95 Å². The molecule has 0 bridgehead atoms. The Balaban J connectivity index is 1.38. The second-order valence-electron chi connectivity index (χ2n) is 9.55. The van der Waals surface area contributed by atoms with Crippen molar-refractivity contribution in [2.45, 2.75) is 64.1 Å². The first-order valence-corrected chi connectivity index (χ1v) is 11.5. The number of amides is 2. The average Bonchev–Trinajstić information content (AvgIpc) is 3.21. The molecule has 34 heavy (non-hydrogen) atoms. The Morgan fingerprint density at radius 2 is 1.94 bits per heavy atom. The number of cyclic esters (lactones) is 1. The number of halogens is 1. The molecule has 1 aliphatic heterocycles. The molecule has 1 saturated carbocycles. The van der Waals surface area contributed by atoms with E-state index < -0.39 is 23.6 Å². The van der Waals surface area contributed by atoms with E-state index in [1.54, 1.807) is 24.3 Å². The molecule has 2 heterocycles. The van der Waals surface area contributed by atoms with Gasteiger partial charge in [-0.25, -0.2) is 23.9 Å². The summed E-state index contributed by atoms with van der Waals surface area (Å²) in [5, 5.41) is 6.21. The van der Waals surface area contributed by atoms with Crippen molar-refractivity contribution in [2.75, 3.05) is 23.4 Å². The van der Waals surface area contributed by atoms with Crippen LogP contribution >= 0.6 is 0 Å². The summed E-state index contributed by atoms with van der Waals surface area (Å²) in [7, 11) is 0. The van der Waals surface area contributed by atoms with Crippen molar-refractivity contribution in [1.29, 1.82) is 0 Å². The quantitative estimate of drug-likeness (QED) is 0.662. The molecule has 2 aliphatic rings. The number of alkyl carbamates (subject to hydrolysis) is 1. The largest absolute Gasteiger partial charge is 0.447 e. The van der Waals surface area contributed by atoms with Gasteiger partial charge in [0.15, 0.2) is 5.82 Å². The highest BCUT2D eigenvalue weighted by Gasteiger charge is 2.26. The molecule has 2 N–H and O–H groups in total. The number of hydrogen-bond acceptors (Lipinski definition) is 7. The maximum atomic E-state index is 14.6. The fraction of sp³-hybridized carbons (Fsp3) is 0.500. The zero-order chi connectivity index (χ0) is 24.3. The van der Waals surface area contributed by atoms with E-state index in [0.29, 0.717) is 30.4 Å². The maximum absolute atomic E-state index is 14.6. The Bertz CT molecular complexity index is 1050. The van der Waals surface area contributed by atoms with Crippen LogP contribution in [0.25, 0.3) is 11.3 Å². The third kappa shape index (κ3) is 5.92. The highest BCUT2D eigenvalue weighted by Crippen LogP contribution is 2.28. The Hall–Kier alpha value is -3.43. The van der Waals surface area contributed by atoms with Gasteiger partial charge >= 0.3 is 12.2 Å². The molecule has 182 valence electrons. The fourth-order valence-corrected chi connectivity index (χ4v) is 4.13. The van der Waals surface area contributed by atoms with Crippen LogP contribution in [0.2, 0.25) is 0 Å². The molecule has 2 fully saturated rings. The average molecular weight is 472 g/mol. The molecule has 4 rings (SSSR count). The van der Waals surface area contributed by atoms with Crippen molar-refractivity contribution >= 4 is 23.8 Å². The van der Waals surface area contributed by atoms with Gasteiger partial charge in [-0.2, -0.15) is 0 Å². The van der Waals surface area contributed by atoms with E-state index in [0.717, 1.165) is 31.9 Å². The van der Waals surface area contributed by atoms with Crippen LogP contribution in [0.4, 0.5) is 25.6 Å². The molecule has 0 spiro atoms. The second kappa shape index (κ2) is 9.82. The van der Waals surface area contributed by atoms with Gasteiger partial charge < -0.3 is 20.1 Å². The lowest BCUT2D eigenvalue weighted by Crippen LogP contribution is -2.42. The van der Waals surface area contributed by atoms with Crippen molar-refractivity contribution in [3.05, 3.63) is 36.3 Å². The number of benzene rings is 1. The van der Waals surface area contributed by atoms with Crippen LogP contribution in [0.5, 0.6) is 0 Å². The van der Waals surface area contributed by atoms with Gasteiger partial charge in [0.1, 0.15) is 17.9 Å². The molecule has 1 aromatic carbocycles. The third-order valence-electron chi connectivity index (χ3n) is 5.72. The lowest BCUT2D eigenvalue weighted by Gasteiger charge is -2.30. The van der Waals surface area contributed by atoms with Crippen molar-refractivity contribution < 1.29 is 23.5 Å². The van der Waals surface area contributed by atoms with Crippen molar-refractivity contribution in [1.82, 2.24) is 15.3 Å². The zero-order valence-corrected chi connectivity index (χ0v) is 19.6. The number of carbonyl (C=O) groups excluding carboxylic acids is 2. The summed E-state index contributed by atoms with van der Waals surface area (Å²) in [5.41, 5.74) is 0.804. The van der Waals surface area contributed by atoms with Gasteiger partial charge in [-0.15, -0.1) is 0 Å². The topological polar surface area (TPSA) is 106 Å². The lowest BCUT2D eigenvalue weighted by atomic mass is 9.91. The smallest absolute Gasteiger partial charge is 0.414 e. The van der Waals surface area contributed by atoms with Crippen LogP contribution < -0.4 is 15.5 Å². The Labute approximate surface area is 198 Å². The Morgan fingerprint density at radius 3 is 2.62 bits per heavy atom. The molecule has 9 nitrogen and oxygen atoms in total. The molecule has 0 unspecified atom stereocenters. The standard InChI is InChI=1S/C24H30FN5O4/c1-24(2,3)34-22(31)28-17-9-7-16(8-10-17)27-21-26-14-19(25)20(29-21)15-5-4-6-18(13-15)30-11-12-33-23(30)32/h4-6,13-14,16-17H,7-12H2,1-3H3,(H,28,31)(H,26,27,29)/t16-,17-. The Morgan fingerprint density at radius 1 is 1.21 bits per heavy atom. The summed E-state index contributed by atoms with van der Waals surface area (Å²) in [4.78, 5) is 33.9. The molecule has 0 atom stereocenters. The molecule has 1 aliphatic carbocycles. The first-order valence-electron chi connectivity index (χ1n) is 11.5. The van der Waals surface area contributed by atoms with Crippen LogP contribution in [-0.2, 0) is 9.47 Å². The van der Waals surface area contributed by atoms with Crippen LogP contribution in [0.15, 0.2) is 30.5 Å². The van der Waals surface area contributed by atoms with Gasteiger partial charge in [0.05, 0.1) is 12.7 Å². The highest BCUT2D eigenvalue weighted by molar-refractivity contribution is 5.90. The van der Waals surface area contributed by atoms with Crippen molar-refractivity contribution in [3.63, 3.8) is 0 Å². The SMILES string of the molecule is CC(C)(C)OC(=O)N[C@H]1CC[C@H](Nc2ncc(F)c(-c3cccc(N4CCOC4=O)c3)n2)CC1. The van der Waals surface area contributed by atoms with Crippen LogP contribution in [0, 0.1) is 5.82 Å². The van der Waals surface area contributed by atoms with Crippen LogP contribution in [-0.4, -0.2) is 53.0 Å². The van der Waals surface area contributed by atoms with E-state index >= 15 is 0 Å². The van der Waals surface area contributed by atoms with E-state index in [1.165, 1.54) is 4.90 Å². The maximum Gasteiger partial charge on any atom is 0.414 e. The molecular formula is C24H30FN5O4. The highest BCUT2D eigenvalue weighted by atomic mass is 19.1. The minimum absolute atomic E-state index is 0.0533. The summed E-state index contributed by atoms with van der Waals surface area (Å²) >= 11 is 0. The van der Waals surface area contributed by atoms with Crippen molar-refractivity contribution in [2.24, 2.45) is 0 Å². The number of ether oxygens (including phenoxy) is 2. The van der Waals surface area contributed by atoms with Gasteiger partial charge in [-0.05, 0) is 58.6 Å². The number of rotatable bonds is 5. The summed E-state index contributed by atoms with van der Waals surface area (Å²) in [5.74, 6) is -0.206. The normalized spacial score (nSPS) is 20.6. The molecule has 1 aromatic heterocycles. The summed E-state index contributed by atoms with van der Waals surface area (Å²) in [6.45, 7) is 6.28. The summed E-state index contributed by atoms with van der Waals surface area (Å²) in [6, 6.07) is 7.16. The van der Waals surface area contributed by atoms with E-state index in [1.807, 2.05) is 20.8 Å². The first-order chi connectivity index (χ1) is 16.2. The number of aromatic nitrogens is 2. The predicted octanol–water partition coefficient (Wildman–Crippen LogP) is 4.49. The zero-order valence-electron chi connectivity index (χ0n) is 19.6. The molecule has 2 amide bonds. The third-order valence-corrected chi connectivity index (χ3v) is 5.72. The second-order valence-corrected chi connectivity index (χ2v) is 9.55. The minimum Gasteiger partial charge on any atom is -0.447 e. The van der Waals surface area contributed by atoms with E-state index in [-0.39, 0.29) is 17.8 Å². The van der Waals surface area contributed by atoms with Gasteiger partial charge in [-0.3, -0.25) is 4.90 Å². The minimum atomic E-state index is -0.544. The molecule has 1 saturated heterocycles. The van der Waals surface area contributed by atoms with E-state index in [4.69, 9.17) is 9.47 Å². The van der Waals surface area contributed by atoms with Gasteiger partial charge in [-0.1, -0.05) is 12.1 Å². The monoisotopic (exact) mass is 471 g/mol. The van der Waals surface area contributed by atoms with Crippen molar-refractivity contribution in [3.8, 4) is 11.3 Å². The number of nitrogens with zero attached hydrogens (tertiary/aromatic N) is 3. The number of carbonyl (C=O) groups is 2. The number of anilines is 2. The van der Waals surface area contributed by atoms with Gasteiger partial charge in [0.25, 0.3) is 0 Å². The Kier molecular flexibility index (Phi) is 6.85. The lowest BCUT2D eigenvalue weighted by molar-refractivity contribution is 0.0492. The van der Waals surface area contributed by atoms with Crippen LogP contribution in [0.1, 0.15) is 46.5 Å². The number of hydrogen-bond donors (Lipinski definition) is 2. The van der Waals surface area contributed by atoms with E-state index in [2.05, 4.69) is 20.6 Å². The molecule has 2 aromatic rings. The number of nitrogens with one attached hydrogen (secondary N) is 2. The van der Waals surface area contributed by atoms with Crippen LogP contribution in [0.3, 0.4) is 0 Å². The first kappa shape index (κ1) is 23.7. The summed E-state index contributed by atoms with van der Waals surface area (Å²) in [6.07, 6.45) is 3.53. The van der Waals surface area contributed by atoms with E-state index in [9.17, 15) is 14.0 Å². The molecule has 10 heteroatoms. The molecular weight excluding hydrogens is 441 g/mol. The van der Waals surface area contributed by atoms with Gasteiger partial charge in [0, 0.05) is 23.3 Å².